The number of anilines is 4. The molecule has 11 nitrogen and oxygen atoms in total. The molecule has 0 fully saturated rings. The number of nitrogens with one attached hydrogen (secondary N) is 4. The second-order valence-corrected chi connectivity index (χ2v) is 8.67. The van der Waals surface area contributed by atoms with Gasteiger partial charge in [-0.25, -0.2) is 15.4 Å². The van der Waals surface area contributed by atoms with Crippen molar-refractivity contribution >= 4 is 74.4 Å². The summed E-state index contributed by atoms with van der Waals surface area (Å²) in [7, 11) is 0. The van der Waals surface area contributed by atoms with E-state index in [1.165, 1.54) is 35.8 Å². The lowest BCUT2D eigenvalue weighted by Crippen LogP contribution is -2.23. The van der Waals surface area contributed by atoms with Gasteiger partial charge in [-0.3, -0.25) is 29.7 Å². The molecular weight excluding hydrogens is 612 g/mol. The zero-order valence-electron chi connectivity index (χ0n) is 18.4. The smallest absolute Gasteiger partial charge is 0.296 e. The lowest BCUT2D eigenvalue weighted by molar-refractivity contribution is -0.384. The molecule has 0 radical (unpaired) electrons. The van der Waals surface area contributed by atoms with Crippen LogP contribution < -0.4 is 21.6 Å². The van der Waals surface area contributed by atoms with Gasteiger partial charge in [0.25, 0.3) is 17.5 Å². The highest BCUT2D eigenvalue weighted by Gasteiger charge is 2.29. The van der Waals surface area contributed by atoms with Crippen LogP contribution >= 0.6 is 34.2 Å². The fourth-order valence-corrected chi connectivity index (χ4v) is 3.94. The number of benzene rings is 3. The Morgan fingerprint density at radius 3 is 2.39 bits per heavy atom. The Balaban J connectivity index is 2.07. The van der Waals surface area contributed by atoms with Gasteiger partial charge in [-0.1, -0.05) is 11.6 Å². The predicted octanol–water partition coefficient (Wildman–Crippen LogP) is 5.28. The lowest BCUT2D eigenvalue weighted by Gasteiger charge is -2.17. The summed E-state index contributed by atoms with van der Waals surface area (Å²) in [5.74, 6) is -2.88. The molecule has 0 heterocycles. The molecule has 3 aromatic rings. The van der Waals surface area contributed by atoms with Gasteiger partial charge < -0.3 is 10.6 Å². The fraction of sp³-hybridized carbons (Fsp3) is 0.0909. The topological polar surface area (TPSA) is 155 Å². The van der Waals surface area contributed by atoms with Crippen molar-refractivity contribution in [2.24, 2.45) is 0 Å². The molecule has 14 heteroatoms. The molecule has 0 unspecified atom stereocenters. The van der Waals surface area contributed by atoms with Crippen LogP contribution in [-0.2, 0) is 4.84 Å². The number of carbonyl (C=O) groups excluding carboxylic acids is 2. The van der Waals surface area contributed by atoms with E-state index in [0.29, 0.717) is 0 Å². The molecule has 3 aromatic carbocycles. The number of rotatable bonds is 9. The van der Waals surface area contributed by atoms with Crippen LogP contribution in [-0.4, -0.2) is 28.6 Å². The van der Waals surface area contributed by atoms with E-state index in [0.717, 1.165) is 9.64 Å². The molecule has 3 rings (SSSR count). The Morgan fingerprint density at radius 1 is 1.11 bits per heavy atom. The standard InChI is InChI=1S/C22H18ClFIN5O6/c1-2-36-29-21(31)11-3-6-13(7-4-11)26-20-17(30(34)35)10-14(22(32)28-33)19(18(20)24)27-16-8-5-12(25)9-15(16)23/h3-10,26-27,33H,2H2,1H3,(H,28,32)(H,29,31). The highest BCUT2D eigenvalue weighted by atomic mass is 127. The Hall–Kier alpha value is -3.53. The number of hydrogen-bond acceptors (Lipinski definition) is 8. The molecule has 0 spiro atoms. The van der Waals surface area contributed by atoms with Gasteiger partial charge in [0.05, 0.1) is 33.5 Å². The van der Waals surface area contributed by atoms with E-state index in [1.807, 2.05) is 22.6 Å². The first-order valence-electron chi connectivity index (χ1n) is 10.1. The van der Waals surface area contributed by atoms with E-state index in [1.54, 1.807) is 19.1 Å². The monoisotopic (exact) mass is 629 g/mol. The fourth-order valence-electron chi connectivity index (χ4n) is 3.03. The van der Waals surface area contributed by atoms with Crippen LogP contribution in [0.3, 0.4) is 0 Å². The van der Waals surface area contributed by atoms with Gasteiger partial charge in [-0.15, -0.1) is 0 Å². The summed E-state index contributed by atoms with van der Waals surface area (Å²) < 4.78 is 16.6. The minimum Gasteiger partial charge on any atom is -0.351 e. The zero-order chi connectivity index (χ0) is 26.4. The molecule has 0 aliphatic carbocycles. The molecule has 0 bridgehead atoms. The van der Waals surface area contributed by atoms with Crippen LogP contribution in [0, 0.1) is 19.5 Å². The first-order chi connectivity index (χ1) is 17.2. The molecular formula is C22H18ClFIN5O6. The van der Waals surface area contributed by atoms with Crippen molar-refractivity contribution in [1.82, 2.24) is 11.0 Å². The van der Waals surface area contributed by atoms with Gasteiger partial charge >= 0.3 is 0 Å². The minimum absolute atomic E-state index is 0.199. The average molecular weight is 630 g/mol. The number of nitrogens with zero attached hydrogens (tertiary/aromatic N) is 1. The first kappa shape index (κ1) is 27.1. The van der Waals surface area contributed by atoms with Crippen molar-refractivity contribution < 1.29 is 28.9 Å². The molecule has 36 heavy (non-hydrogen) atoms. The summed E-state index contributed by atoms with van der Waals surface area (Å²) in [5, 5.41) is 26.3. The maximum absolute atomic E-state index is 15.8. The van der Waals surface area contributed by atoms with Gasteiger partial charge in [0, 0.05) is 20.9 Å². The Morgan fingerprint density at radius 2 is 1.81 bits per heavy atom. The molecule has 2 amide bonds. The predicted molar refractivity (Wildman–Crippen MR) is 139 cm³/mol. The Bertz CT molecular complexity index is 1330. The summed E-state index contributed by atoms with van der Waals surface area (Å²) in [6.45, 7) is 1.96. The average Bonchev–Trinajstić information content (AvgIpc) is 2.86. The second-order valence-electron chi connectivity index (χ2n) is 7.02. The maximum Gasteiger partial charge on any atom is 0.296 e. The summed E-state index contributed by atoms with van der Waals surface area (Å²) in [5.41, 5.74) is 1.89. The van der Waals surface area contributed by atoms with E-state index < -0.39 is 45.2 Å². The van der Waals surface area contributed by atoms with Crippen molar-refractivity contribution in [3.05, 3.63) is 84.2 Å². The quantitative estimate of drug-likeness (QED) is 0.0927. The number of halogens is 3. The van der Waals surface area contributed by atoms with Crippen molar-refractivity contribution in [2.75, 3.05) is 17.2 Å². The van der Waals surface area contributed by atoms with E-state index in [-0.39, 0.29) is 28.6 Å². The third kappa shape index (κ3) is 6.17. The van der Waals surface area contributed by atoms with Gasteiger partial charge in [-0.2, -0.15) is 0 Å². The highest BCUT2D eigenvalue weighted by Crippen LogP contribution is 2.40. The number of nitro groups is 1. The van der Waals surface area contributed by atoms with Gasteiger partial charge in [0.15, 0.2) is 11.5 Å². The number of hydroxylamine groups is 2. The lowest BCUT2D eigenvalue weighted by atomic mass is 10.1. The van der Waals surface area contributed by atoms with Gasteiger partial charge in [-0.05, 0) is 72.0 Å². The SMILES string of the molecule is CCONC(=O)c1ccc(Nc2c([N+](=O)[O-])cc(C(=O)NO)c(Nc3ccc(I)cc3Cl)c2F)cc1. The third-order valence-electron chi connectivity index (χ3n) is 4.70. The molecule has 188 valence electrons. The van der Waals surface area contributed by atoms with Crippen LogP contribution in [0.1, 0.15) is 27.6 Å². The number of nitro benzene ring substituents is 1. The molecule has 0 aromatic heterocycles. The molecule has 0 aliphatic heterocycles. The molecule has 5 N–H and O–H groups in total. The van der Waals surface area contributed by atoms with Crippen molar-refractivity contribution in [3.8, 4) is 0 Å². The van der Waals surface area contributed by atoms with Crippen LogP contribution in [0.15, 0.2) is 48.5 Å². The normalized spacial score (nSPS) is 10.5. The van der Waals surface area contributed by atoms with E-state index in [4.69, 9.17) is 21.6 Å². The van der Waals surface area contributed by atoms with Crippen LogP contribution in [0.5, 0.6) is 0 Å². The summed E-state index contributed by atoms with van der Waals surface area (Å²) in [6.07, 6.45) is 0. The first-order valence-corrected chi connectivity index (χ1v) is 11.6. The largest absolute Gasteiger partial charge is 0.351 e. The summed E-state index contributed by atoms with van der Waals surface area (Å²) in [6, 6.07) is 11.2. The van der Waals surface area contributed by atoms with Crippen molar-refractivity contribution in [2.45, 2.75) is 6.92 Å². The Labute approximate surface area is 222 Å². The molecule has 0 aliphatic rings. The maximum atomic E-state index is 15.8. The van der Waals surface area contributed by atoms with Crippen molar-refractivity contribution in [1.29, 1.82) is 0 Å². The summed E-state index contributed by atoms with van der Waals surface area (Å²) in [4.78, 5) is 39.9. The molecule has 0 atom stereocenters. The second kappa shape index (κ2) is 11.9. The van der Waals surface area contributed by atoms with Crippen molar-refractivity contribution in [3.63, 3.8) is 0 Å². The van der Waals surface area contributed by atoms with Crippen LogP contribution in [0.25, 0.3) is 0 Å². The van der Waals surface area contributed by atoms with E-state index in [2.05, 4.69) is 16.1 Å². The van der Waals surface area contributed by atoms with Gasteiger partial charge in [0.1, 0.15) is 0 Å². The number of hydrogen-bond donors (Lipinski definition) is 5. The highest BCUT2D eigenvalue weighted by molar-refractivity contribution is 14.1. The van der Waals surface area contributed by atoms with Gasteiger partial charge in [0.2, 0.25) is 0 Å². The van der Waals surface area contributed by atoms with Crippen LogP contribution in [0.4, 0.5) is 32.8 Å². The summed E-state index contributed by atoms with van der Waals surface area (Å²) >= 11 is 8.24. The zero-order valence-corrected chi connectivity index (χ0v) is 21.3. The van der Waals surface area contributed by atoms with E-state index in [9.17, 15) is 19.7 Å². The molecule has 0 saturated heterocycles. The minimum atomic E-state index is -1.18. The molecule has 0 saturated carbocycles. The third-order valence-corrected chi connectivity index (χ3v) is 5.69. The van der Waals surface area contributed by atoms with Crippen LogP contribution in [0.2, 0.25) is 5.02 Å². The van der Waals surface area contributed by atoms with E-state index >= 15 is 4.39 Å². The number of carbonyl (C=O) groups is 2. The number of amides is 2. The Kier molecular flexibility index (Phi) is 8.98.